The number of nitrogens with two attached hydrogens (primary N) is 1. The lowest BCUT2D eigenvalue weighted by molar-refractivity contribution is -0.137. The van der Waals surface area contributed by atoms with Gasteiger partial charge in [-0.25, -0.2) is 0 Å². The molecule has 0 aliphatic heterocycles. The summed E-state index contributed by atoms with van der Waals surface area (Å²) in [5, 5.41) is 0. The summed E-state index contributed by atoms with van der Waals surface area (Å²) in [6.07, 6.45) is -0.457. The predicted molar refractivity (Wildman–Crippen MR) is 87.9 cm³/mol. The predicted octanol–water partition coefficient (Wildman–Crippen LogP) is 5.74. The molecule has 0 bridgehead atoms. The zero-order valence-corrected chi connectivity index (χ0v) is 14.5. The van der Waals surface area contributed by atoms with Gasteiger partial charge in [0.05, 0.1) is 5.56 Å². The lowest BCUT2D eigenvalue weighted by Gasteiger charge is -2.14. The van der Waals surface area contributed by atoms with Crippen molar-refractivity contribution in [3.63, 3.8) is 0 Å². The van der Waals surface area contributed by atoms with Crippen LogP contribution < -0.4 is 5.73 Å². The SMILES string of the molecule is CC.CC.Cc1cc(CCC2(CN)CC2)cc(C(F)(F)F)c1. The first-order valence-electron chi connectivity index (χ1n) is 8.23. The maximum absolute atomic E-state index is 12.7. The van der Waals surface area contributed by atoms with Crippen molar-refractivity contribution in [2.45, 2.75) is 66.5 Å². The maximum Gasteiger partial charge on any atom is 0.416 e. The molecule has 2 N–H and O–H groups in total. The van der Waals surface area contributed by atoms with Gasteiger partial charge in [0.1, 0.15) is 0 Å². The van der Waals surface area contributed by atoms with Crippen molar-refractivity contribution >= 4 is 0 Å². The molecule has 128 valence electrons. The average molecular weight is 317 g/mol. The van der Waals surface area contributed by atoms with Crippen molar-refractivity contribution in [3.05, 3.63) is 34.9 Å². The highest BCUT2D eigenvalue weighted by Gasteiger charge is 2.40. The molecule has 0 amide bonds. The molecule has 4 heteroatoms. The van der Waals surface area contributed by atoms with Crippen LogP contribution in [0.1, 0.15) is 63.6 Å². The molecule has 1 saturated carbocycles. The highest BCUT2D eigenvalue weighted by molar-refractivity contribution is 5.31. The molecule has 0 heterocycles. The van der Waals surface area contributed by atoms with Crippen LogP contribution >= 0.6 is 0 Å². The molecule has 2 rings (SSSR count). The third kappa shape index (κ3) is 6.39. The lowest BCUT2D eigenvalue weighted by atomic mass is 9.95. The quantitative estimate of drug-likeness (QED) is 0.753. The van der Waals surface area contributed by atoms with Crippen molar-refractivity contribution < 1.29 is 13.2 Å². The van der Waals surface area contributed by atoms with E-state index in [2.05, 4.69) is 0 Å². The minimum Gasteiger partial charge on any atom is -0.330 e. The van der Waals surface area contributed by atoms with Crippen molar-refractivity contribution in [2.24, 2.45) is 11.1 Å². The van der Waals surface area contributed by atoms with Crippen LogP contribution in [0.5, 0.6) is 0 Å². The molecular weight excluding hydrogens is 287 g/mol. The van der Waals surface area contributed by atoms with E-state index in [4.69, 9.17) is 5.73 Å². The first-order valence-corrected chi connectivity index (χ1v) is 8.23. The Morgan fingerprint density at radius 2 is 1.59 bits per heavy atom. The average Bonchev–Trinajstić information content (AvgIpc) is 3.29. The van der Waals surface area contributed by atoms with Crippen LogP contribution in [0.3, 0.4) is 0 Å². The van der Waals surface area contributed by atoms with E-state index in [1.807, 2.05) is 33.8 Å². The van der Waals surface area contributed by atoms with Gasteiger partial charge in [-0.05, 0) is 62.3 Å². The number of aryl methyl sites for hydroxylation is 2. The van der Waals surface area contributed by atoms with E-state index < -0.39 is 11.7 Å². The Bertz CT molecular complexity index is 434. The summed E-state index contributed by atoms with van der Waals surface area (Å²) in [7, 11) is 0. The monoisotopic (exact) mass is 317 g/mol. The van der Waals surface area contributed by atoms with Crippen molar-refractivity contribution in [1.82, 2.24) is 0 Å². The standard InChI is InChI=1S/C14H18F3N.2C2H6/c1-10-6-11(2-3-13(9-18)4-5-13)8-12(7-10)14(15,16)17;2*1-2/h6-8H,2-5,9,18H2,1H3;2*1-2H3. The van der Waals surface area contributed by atoms with Crippen LogP contribution in [0.25, 0.3) is 0 Å². The van der Waals surface area contributed by atoms with Crippen LogP contribution in [0, 0.1) is 12.3 Å². The lowest BCUT2D eigenvalue weighted by Crippen LogP contribution is -2.16. The van der Waals surface area contributed by atoms with Crippen LogP contribution in [-0.2, 0) is 12.6 Å². The van der Waals surface area contributed by atoms with Gasteiger partial charge in [0.25, 0.3) is 0 Å². The summed E-state index contributed by atoms with van der Waals surface area (Å²) in [4.78, 5) is 0. The maximum atomic E-state index is 12.7. The van der Waals surface area contributed by atoms with E-state index in [0.29, 0.717) is 18.5 Å². The van der Waals surface area contributed by atoms with E-state index in [1.54, 1.807) is 6.92 Å². The fourth-order valence-electron chi connectivity index (χ4n) is 2.31. The second-order valence-corrected chi connectivity index (χ2v) is 5.41. The van der Waals surface area contributed by atoms with E-state index in [-0.39, 0.29) is 5.41 Å². The molecule has 1 nitrogen and oxygen atoms in total. The summed E-state index contributed by atoms with van der Waals surface area (Å²) in [5.74, 6) is 0. The Morgan fingerprint density at radius 3 is 2.00 bits per heavy atom. The number of alkyl halides is 3. The largest absolute Gasteiger partial charge is 0.416 e. The number of halogens is 3. The van der Waals surface area contributed by atoms with Crippen LogP contribution in [-0.4, -0.2) is 6.54 Å². The van der Waals surface area contributed by atoms with Crippen molar-refractivity contribution in [2.75, 3.05) is 6.54 Å². The Kier molecular flexibility index (Phi) is 8.76. The fourth-order valence-corrected chi connectivity index (χ4v) is 2.31. The van der Waals surface area contributed by atoms with Gasteiger partial charge in [-0.3, -0.25) is 0 Å². The third-order valence-electron chi connectivity index (χ3n) is 3.80. The Balaban J connectivity index is 0.00000102. The van der Waals surface area contributed by atoms with Gasteiger partial charge < -0.3 is 5.73 Å². The highest BCUT2D eigenvalue weighted by Crippen LogP contribution is 2.48. The van der Waals surface area contributed by atoms with E-state index in [0.717, 1.165) is 24.8 Å². The first kappa shape index (κ1) is 21.0. The molecule has 0 saturated heterocycles. The van der Waals surface area contributed by atoms with Gasteiger partial charge in [0.15, 0.2) is 0 Å². The first-order chi connectivity index (χ1) is 10.3. The van der Waals surface area contributed by atoms with Gasteiger partial charge in [-0.1, -0.05) is 39.3 Å². The topological polar surface area (TPSA) is 26.0 Å². The number of benzene rings is 1. The minimum absolute atomic E-state index is 0.210. The molecule has 22 heavy (non-hydrogen) atoms. The van der Waals surface area contributed by atoms with Crippen LogP contribution in [0.4, 0.5) is 13.2 Å². The Hall–Kier alpha value is -1.03. The molecule has 1 aromatic rings. The van der Waals surface area contributed by atoms with Gasteiger partial charge in [-0.2, -0.15) is 13.2 Å². The number of hydrogen-bond donors (Lipinski definition) is 1. The highest BCUT2D eigenvalue weighted by atomic mass is 19.4. The van der Waals surface area contributed by atoms with E-state index >= 15 is 0 Å². The zero-order valence-electron chi connectivity index (χ0n) is 14.5. The molecule has 1 aliphatic carbocycles. The van der Waals surface area contributed by atoms with Crippen molar-refractivity contribution in [3.8, 4) is 0 Å². The van der Waals surface area contributed by atoms with Gasteiger partial charge >= 0.3 is 6.18 Å². The van der Waals surface area contributed by atoms with Gasteiger partial charge in [-0.15, -0.1) is 0 Å². The Labute approximate surface area is 133 Å². The molecule has 0 radical (unpaired) electrons. The fraction of sp³-hybridized carbons (Fsp3) is 0.667. The van der Waals surface area contributed by atoms with E-state index in [1.165, 1.54) is 12.1 Å². The van der Waals surface area contributed by atoms with Crippen molar-refractivity contribution in [1.29, 1.82) is 0 Å². The minimum atomic E-state index is -4.26. The van der Waals surface area contributed by atoms with Gasteiger partial charge in [0.2, 0.25) is 0 Å². The van der Waals surface area contributed by atoms with Crippen LogP contribution in [0.15, 0.2) is 18.2 Å². The summed E-state index contributed by atoms with van der Waals surface area (Å²) in [5.41, 5.74) is 6.78. The number of rotatable bonds is 4. The molecule has 1 aromatic carbocycles. The molecule has 0 aromatic heterocycles. The molecule has 0 spiro atoms. The van der Waals surface area contributed by atoms with Gasteiger partial charge in [0, 0.05) is 0 Å². The number of hydrogen-bond acceptors (Lipinski definition) is 1. The molecular formula is C18H30F3N. The smallest absolute Gasteiger partial charge is 0.330 e. The molecule has 0 atom stereocenters. The normalized spacial score (nSPS) is 15.1. The summed E-state index contributed by atoms with van der Waals surface area (Å²) in [6.45, 7) is 10.3. The summed E-state index contributed by atoms with van der Waals surface area (Å²) >= 11 is 0. The summed E-state index contributed by atoms with van der Waals surface area (Å²) in [6, 6.07) is 4.29. The summed E-state index contributed by atoms with van der Waals surface area (Å²) < 4.78 is 38.0. The molecule has 1 aliphatic rings. The Morgan fingerprint density at radius 1 is 1.05 bits per heavy atom. The zero-order chi connectivity index (χ0) is 17.4. The second-order valence-electron chi connectivity index (χ2n) is 5.41. The molecule has 0 unspecified atom stereocenters. The molecule has 1 fully saturated rings. The third-order valence-corrected chi connectivity index (χ3v) is 3.80. The second kappa shape index (κ2) is 9.19. The van der Waals surface area contributed by atoms with Crippen LogP contribution in [0.2, 0.25) is 0 Å². The van der Waals surface area contributed by atoms with E-state index in [9.17, 15) is 13.2 Å².